The average molecular weight is 300 g/mol. The molecule has 0 aliphatic rings. The highest BCUT2D eigenvalue weighted by Crippen LogP contribution is 2.10. The number of aromatic nitrogens is 4. The van der Waals surface area contributed by atoms with E-state index < -0.39 is 4.92 Å². The summed E-state index contributed by atoms with van der Waals surface area (Å²) in [7, 11) is 0. The van der Waals surface area contributed by atoms with E-state index in [0.29, 0.717) is 5.82 Å². The Morgan fingerprint density at radius 3 is 2.95 bits per heavy atom. The molecule has 2 N–H and O–H groups in total. The number of nitrogens with zero attached hydrogens (tertiary/aromatic N) is 4. The van der Waals surface area contributed by atoms with Gasteiger partial charge in [0.1, 0.15) is 24.8 Å². The summed E-state index contributed by atoms with van der Waals surface area (Å²) in [6.07, 6.45) is 2.31. The van der Waals surface area contributed by atoms with Gasteiger partial charge in [-0.1, -0.05) is 12.1 Å². The molecule has 2 heterocycles. The number of hydrogen-bond acceptors (Lipinski definition) is 5. The van der Waals surface area contributed by atoms with Crippen LogP contribution in [0.4, 0.5) is 5.69 Å². The Morgan fingerprint density at radius 1 is 1.41 bits per heavy atom. The Hall–Kier alpha value is -3.23. The zero-order valence-electron chi connectivity index (χ0n) is 11.4. The van der Waals surface area contributed by atoms with Crippen LogP contribution >= 0.6 is 0 Å². The number of nitro groups is 1. The van der Waals surface area contributed by atoms with Crippen molar-refractivity contribution in [1.82, 2.24) is 25.1 Å². The summed E-state index contributed by atoms with van der Waals surface area (Å²) in [4.78, 5) is 29.2. The van der Waals surface area contributed by atoms with Crippen molar-refractivity contribution in [2.45, 2.75) is 13.1 Å². The number of carbonyl (C=O) groups is 1. The molecule has 0 atom stereocenters. The van der Waals surface area contributed by atoms with Crippen LogP contribution in [-0.2, 0) is 17.9 Å². The summed E-state index contributed by atoms with van der Waals surface area (Å²) in [6, 6.07) is 7.56. The van der Waals surface area contributed by atoms with Crippen molar-refractivity contribution in [2.24, 2.45) is 0 Å². The smallest absolute Gasteiger partial charge is 0.307 e. The number of fused-ring (bicyclic) bond motifs is 1. The van der Waals surface area contributed by atoms with E-state index in [2.05, 4.69) is 20.4 Å². The van der Waals surface area contributed by atoms with E-state index in [1.54, 1.807) is 0 Å². The molecule has 9 nitrogen and oxygen atoms in total. The molecule has 112 valence electrons. The molecule has 0 radical (unpaired) electrons. The molecule has 9 heteroatoms. The molecule has 1 aromatic carbocycles. The maximum absolute atomic E-state index is 11.8. The van der Waals surface area contributed by atoms with Crippen LogP contribution in [0, 0.1) is 10.1 Å². The third-order valence-electron chi connectivity index (χ3n) is 3.03. The van der Waals surface area contributed by atoms with E-state index >= 15 is 0 Å². The van der Waals surface area contributed by atoms with E-state index in [1.165, 1.54) is 10.9 Å². The van der Waals surface area contributed by atoms with Crippen LogP contribution in [0.15, 0.2) is 36.7 Å². The lowest BCUT2D eigenvalue weighted by molar-refractivity contribution is -0.385. The van der Waals surface area contributed by atoms with Crippen LogP contribution in [-0.4, -0.2) is 30.6 Å². The van der Waals surface area contributed by atoms with Crippen molar-refractivity contribution in [1.29, 1.82) is 0 Å². The molecule has 2 aromatic heterocycles. The summed E-state index contributed by atoms with van der Waals surface area (Å²) in [5, 5.41) is 17.0. The highest BCUT2D eigenvalue weighted by molar-refractivity contribution is 5.76. The van der Waals surface area contributed by atoms with Gasteiger partial charge in [0.15, 0.2) is 0 Å². The number of rotatable bonds is 5. The van der Waals surface area contributed by atoms with E-state index in [0.717, 1.165) is 17.2 Å². The molecule has 3 aromatic rings. The molecule has 22 heavy (non-hydrogen) atoms. The second kappa shape index (κ2) is 5.64. The molecule has 0 aliphatic carbocycles. The summed E-state index contributed by atoms with van der Waals surface area (Å²) in [5.74, 6) is 0.333. The SMILES string of the molecule is O=C(Cn1cc([N+](=O)[O-])cn1)NCc1nc2ccccc2[nH]1. The number of H-pyrrole nitrogens is 1. The minimum atomic E-state index is -0.560. The summed E-state index contributed by atoms with van der Waals surface area (Å²) < 4.78 is 1.21. The molecule has 1 amide bonds. The topological polar surface area (TPSA) is 119 Å². The highest BCUT2D eigenvalue weighted by atomic mass is 16.6. The minimum absolute atomic E-state index is 0.0892. The van der Waals surface area contributed by atoms with E-state index in [-0.39, 0.29) is 24.7 Å². The monoisotopic (exact) mass is 300 g/mol. The molecule has 0 aliphatic heterocycles. The maximum Gasteiger partial charge on any atom is 0.307 e. The summed E-state index contributed by atoms with van der Waals surface area (Å²) >= 11 is 0. The first-order valence-corrected chi connectivity index (χ1v) is 6.49. The van der Waals surface area contributed by atoms with Crippen LogP contribution in [0.3, 0.4) is 0 Å². The van der Waals surface area contributed by atoms with Gasteiger partial charge in [0.05, 0.1) is 22.5 Å². The number of nitrogens with one attached hydrogen (secondary N) is 2. The normalized spacial score (nSPS) is 10.7. The zero-order chi connectivity index (χ0) is 15.5. The number of amides is 1. The van der Waals surface area contributed by atoms with Gasteiger partial charge in [-0.3, -0.25) is 19.6 Å². The fourth-order valence-corrected chi connectivity index (χ4v) is 2.01. The predicted molar refractivity (Wildman–Crippen MR) is 76.8 cm³/mol. The Kier molecular flexibility index (Phi) is 3.52. The van der Waals surface area contributed by atoms with Gasteiger partial charge in [0.2, 0.25) is 5.91 Å². The van der Waals surface area contributed by atoms with Crippen molar-refractivity contribution in [3.05, 3.63) is 52.6 Å². The van der Waals surface area contributed by atoms with Gasteiger partial charge >= 0.3 is 5.69 Å². The fraction of sp³-hybridized carbons (Fsp3) is 0.154. The number of imidazole rings is 1. The average Bonchev–Trinajstić information content (AvgIpc) is 3.11. The van der Waals surface area contributed by atoms with Crippen LogP contribution in [0.25, 0.3) is 11.0 Å². The number of benzene rings is 1. The lowest BCUT2D eigenvalue weighted by Crippen LogP contribution is -2.27. The van der Waals surface area contributed by atoms with Crippen LogP contribution < -0.4 is 5.32 Å². The molecule has 0 spiro atoms. The van der Waals surface area contributed by atoms with Gasteiger partial charge in [-0.15, -0.1) is 0 Å². The highest BCUT2D eigenvalue weighted by Gasteiger charge is 2.11. The largest absolute Gasteiger partial charge is 0.347 e. The summed E-state index contributed by atoms with van der Waals surface area (Å²) in [6.45, 7) is 0.158. The lowest BCUT2D eigenvalue weighted by atomic mass is 10.3. The van der Waals surface area contributed by atoms with Gasteiger partial charge in [-0.05, 0) is 12.1 Å². The first kappa shape index (κ1) is 13.7. The third-order valence-corrected chi connectivity index (χ3v) is 3.03. The first-order valence-electron chi connectivity index (χ1n) is 6.49. The van der Waals surface area contributed by atoms with Crippen molar-refractivity contribution in [3.8, 4) is 0 Å². The molecular formula is C13H12N6O3. The minimum Gasteiger partial charge on any atom is -0.347 e. The van der Waals surface area contributed by atoms with Gasteiger partial charge in [0.25, 0.3) is 0 Å². The molecular weight excluding hydrogens is 288 g/mol. The van der Waals surface area contributed by atoms with Gasteiger partial charge in [-0.25, -0.2) is 4.98 Å². The summed E-state index contributed by atoms with van der Waals surface area (Å²) in [5.41, 5.74) is 1.58. The molecule has 3 rings (SSSR count). The van der Waals surface area contributed by atoms with E-state index in [4.69, 9.17) is 0 Å². The molecule has 0 saturated carbocycles. The second-order valence-electron chi connectivity index (χ2n) is 4.63. The van der Waals surface area contributed by atoms with E-state index in [9.17, 15) is 14.9 Å². The van der Waals surface area contributed by atoms with Crippen LogP contribution in [0.2, 0.25) is 0 Å². The maximum atomic E-state index is 11.8. The number of aromatic amines is 1. The standard InChI is InChI=1S/C13H12N6O3/c20-13(8-18-7-9(5-15-18)19(21)22)14-6-12-16-10-3-1-2-4-11(10)17-12/h1-5,7H,6,8H2,(H,14,20)(H,16,17). The van der Waals surface area contributed by atoms with Gasteiger partial charge in [0, 0.05) is 0 Å². The van der Waals surface area contributed by atoms with Crippen molar-refractivity contribution < 1.29 is 9.72 Å². The Bertz CT molecular complexity index is 804. The van der Waals surface area contributed by atoms with E-state index in [1.807, 2.05) is 24.3 Å². The number of carbonyl (C=O) groups excluding carboxylic acids is 1. The molecule has 0 bridgehead atoms. The predicted octanol–water partition coefficient (Wildman–Crippen LogP) is 0.984. The lowest BCUT2D eigenvalue weighted by Gasteiger charge is -2.02. The molecule has 0 fully saturated rings. The van der Waals surface area contributed by atoms with Crippen LogP contribution in [0.5, 0.6) is 0 Å². The van der Waals surface area contributed by atoms with Gasteiger partial charge < -0.3 is 10.3 Å². The first-order chi connectivity index (χ1) is 10.6. The Balaban J connectivity index is 1.58. The number of hydrogen-bond donors (Lipinski definition) is 2. The fourth-order valence-electron chi connectivity index (χ4n) is 2.01. The Morgan fingerprint density at radius 2 is 2.23 bits per heavy atom. The molecule has 0 saturated heterocycles. The zero-order valence-corrected chi connectivity index (χ0v) is 11.4. The van der Waals surface area contributed by atoms with Crippen molar-refractivity contribution in [3.63, 3.8) is 0 Å². The van der Waals surface area contributed by atoms with Crippen molar-refractivity contribution >= 4 is 22.6 Å². The number of para-hydroxylation sites is 2. The third kappa shape index (κ3) is 2.92. The molecule has 0 unspecified atom stereocenters. The van der Waals surface area contributed by atoms with Gasteiger partial charge in [-0.2, -0.15) is 5.10 Å². The van der Waals surface area contributed by atoms with Crippen molar-refractivity contribution in [2.75, 3.05) is 0 Å². The second-order valence-corrected chi connectivity index (χ2v) is 4.63. The van der Waals surface area contributed by atoms with Crippen LogP contribution in [0.1, 0.15) is 5.82 Å². The quantitative estimate of drug-likeness (QED) is 0.538. The Labute approximate surface area is 124 Å².